The molecule has 0 saturated heterocycles. The first-order chi connectivity index (χ1) is 14.4. The molecule has 30 heavy (non-hydrogen) atoms. The van der Waals surface area contributed by atoms with Gasteiger partial charge in [0.2, 0.25) is 5.78 Å². The lowest BCUT2D eigenvalue weighted by molar-refractivity contribution is -0.136. The number of hydrogen-bond donors (Lipinski definition) is 0. The Morgan fingerprint density at radius 2 is 1.90 bits per heavy atom. The zero-order valence-corrected chi connectivity index (χ0v) is 17.5. The molecule has 1 atom stereocenters. The largest absolute Gasteiger partial charge is 0.497 e. The van der Waals surface area contributed by atoms with Crippen molar-refractivity contribution in [1.29, 1.82) is 0 Å². The first-order valence-electron chi connectivity index (χ1n) is 9.95. The molecule has 2 aromatic carbocycles. The van der Waals surface area contributed by atoms with Crippen LogP contribution in [0.3, 0.4) is 0 Å². The third-order valence-corrected chi connectivity index (χ3v) is 5.36. The number of hydrogen-bond acceptors (Lipinski definition) is 6. The normalized spacial score (nSPS) is 18.7. The average Bonchev–Trinajstić information content (AvgIpc) is 3.03. The lowest BCUT2D eigenvalue weighted by Gasteiger charge is -2.27. The highest BCUT2D eigenvalue weighted by atomic mass is 16.5. The van der Waals surface area contributed by atoms with Crippen LogP contribution in [0.5, 0.6) is 23.0 Å². The molecule has 2 heterocycles. The summed E-state index contributed by atoms with van der Waals surface area (Å²) in [6.45, 7) is 4.21. The molecule has 0 spiro atoms. The van der Waals surface area contributed by atoms with Crippen LogP contribution in [0, 0.1) is 5.92 Å². The zero-order valence-electron chi connectivity index (χ0n) is 17.5. The molecule has 2 aromatic rings. The molecule has 4 rings (SSSR count). The minimum atomic E-state index is -0.254. The van der Waals surface area contributed by atoms with Crippen LogP contribution in [0.15, 0.2) is 36.1 Å². The highest BCUT2D eigenvalue weighted by molar-refractivity contribution is 6.15. The van der Waals surface area contributed by atoms with Crippen molar-refractivity contribution in [3.05, 3.63) is 52.8 Å². The second kappa shape index (κ2) is 7.86. The smallest absolute Gasteiger partial charge is 0.311 e. The second-order valence-corrected chi connectivity index (χ2v) is 7.91. The molecule has 2 aliphatic heterocycles. The van der Waals surface area contributed by atoms with Gasteiger partial charge in [0.05, 0.1) is 26.2 Å². The molecule has 0 saturated carbocycles. The molecule has 0 bridgehead atoms. The lowest BCUT2D eigenvalue weighted by atomic mass is 9.84. The van der Waals surface area contributed by atoms with E-state index in [9.17, 15) is 9.59 Å². The number of esters is 1. The molecule has 0 radical (unpaired) electrons. The molecule has 0 aromatic heterocycles. The first kappa shape index (κ1) is 20.0. The van der Waals surface area contributed by atoms with Gasteiger partial charge in [-0.15, -0.1) is 0 Å². The van der Waals surface area contributed by atoms with E-state index in [2.05, 4.69) is 13.8 Å². The SMILES string of the molecule is COc1ccc(/C=C2\Oc3c(ccc4c3C(CC(C)C)CC(=O)O4)C2=O)c(OC)c1. The summed E-state index contributed by atoms with van der Waals surface area (Å²) in [5.41, 5.74) is 1.99. The summed E-state index contributed by atoms with van der Waals surface area (Å²) in [7, 11) is 3.14. The minimum Gasteiger partial charge on any atom is -0.497 e. The minimum absolute atomic E-state index is 0.0427. The van der Waals surface area contributed by atoms with Crippen molar-refractivity contribution in [2.24, 2.45) is 5.92 Å². The molecule has 6 heteroatoms. The van der Waals surface area contributed by atoms with E-state index in [1.807, 2.05) is 6.07 Å². The van der Waals surface area contributed by atoms with Gasteiger partial charge in [-0.3, -0.25) is 9.59 Å². The Morgan fingerprint density at radius 3 is 2.60 bits per heavy atom. The molecule has 2 aliphatic rings. The molecule has 0 aliphatic carbocycles. The van der Waals surface area contributed by atoms with Crippen LogP contribution in [0.2, 0.25) is 0 Å². The van der Waals surface area contributed by atoms with Crippen molar-refractivity contribution in [2.45, 2.75) is 32.6 Å². The summed E-state index contributed by atoms with van der Waals surface area (Å²) < 4.78 is 22.1. The maximum Gasteiger partial charge on any atom is 0.311 e. The number of carbonyl (C=O) groups is 2. The van der Waals surface area contributed by atoms with Gasteiger partial charge in [-0.1, -0.05) is 13.8 Å². The number of rotatable bonds is 5. The fourth-order valence-corrected chi connectivity index (χ4v) is 4.05. The number of allylic oxidation sites excluding steroid dienone is 1. The van der Waals surface area contributed by atoms with Crippen LogP contribution in [0.4, 0.5) is 0 Å². The van der Waals surface area contributed by atoms with E-state index in [-0.39, 0.29) is 29.9 Å². The molecule has 6 nitrogen and oxygen atoms in total. The van der Waals surface area contributed by atoms with Crippen molar-refractivity contribution in [3.63, 3.8) is 0 Å². The average molecular weight is 408 g/mol. The lowest BCUT2D eigenvalue weighted by Crippen LogP contribution is -2.21. The summed E-state index contributed by atoms with van der Waals surface area (Å²) in [5, 5.41) is 0. The summed E-state index contributed by atoms with van der Waals surface area (Å²) in [4.78, 5) is 25.1. The van der Waals surface area contributed by atoms with Crippen LogP contribution in [-0.4, -0.2) is 26.0 Å². The van der Waals surface area contributed by atoms with Gasteiger partial charge in [-0.2, -0.15) is 0 Å². The summed E-state index contributed by atoms with van der Waals surface area (Å²) >= 11 is 0. The van der Waals surface area contributed by atoms with Crippen molar-refractivity contribution < 1.29 is 28.5 Å². The Balaban J connectivity index is 1.75. The monoisotopic (exact) mass is 408 g/mol. The molecule has 0 fully saturated rings. The van der Waals surface area contributed by atoms with Crippen LogP contribution < -0.4 is 18.9 Å². The Labute approximate surface area is 175 Å². The summed E-state index contributed by atoms with van der Waals surface area (Å²) in [5.74, 6) is 2.30. The maximum absolute atomic E-state index is 13.0. The highest BCUT2D eigenvalue weighted by Crippen LogP contribution is 2.48. The number of benzene rings is 2. The summed E-state index contributed by atoms with van der Waals surface area (Å²) in [6, 6.07) is 8.70. The van der Waals surface area contributed by atoms with E-state index in [0.717, 1.165) is 12.0 Å². The molecular weight excluding hydrogens is 384 g/mol. The Morgan fingerprint density at radius 1 is 1.10 bits per heavy atom. The van der Waals surface area contributed by atoms with E-state index >= 15 is 0 Å². The van der Waals surface area contributed by atoms with Gasteiger partial charge in [0, 0.05) is 23.1 Å². The molecule has 0 amide bonds. The van der Waals surface area contributed by atoms with Gasteiger partial charge in [0.25, 0.3) is 0 Å². The van der Waals surface area contributed by atoms with E-state index < -0.39 is 0 Å². The zero-order chi connectivity index (χ0) is 21.4. The van der Waals surface area contributed by atoms with E-state index in [1.54, 1.807) is 44.6 Å². The van der Waals surface area contributed by atoms with Gasteiger partial charge in [0.15, 0.2) is 5.76 Å². The predicted octanol–water partition coefficient (Wildman–Crippen LogP) is 4.76. The number of carbonyl (C=O) groups excluding carboxylic acids is 2. The quantitative estimate of drug-likeness (QED) is 0.404. The third-order valence-electron chi connectivity index (χ3n) is 5.36. The molecule has 156 valence electrons. The van der Waals surface area contributed by atoms with Crippen LogP contribution in [0.25, 0.3) is 6.08 Å². The summed E-state index contributed by atoms with van der Waals surface area (Å²) in [6.07, 6.45) is 2.76. The van der Waals surface area contributed by atoms with Crippen molar-refractivity contribution in [3.8, 4) is 23.0 Å². The van der Waals surface area contributed by atoms with Crippen LogP contribution in [-0.2, 0) is 4.79 Å². The fourth-order valence-electron chi connectivity index (χ4n) is 4.05. The van der Waals surface area contributed by atoms with Crippen LogP contribution in [0.1, 0.15) is 54.1 Å². The molecule has 1 unspecified atom stereocenters. The number of ketones is 1. The van der Waals surface area contributed by atoms with Gasteiger partial charge in [-0.05, 0) is 42.7 Å². The Kier molecular flexibility index (Phi) is 5.24. The van der Waals surface area contributed by atoms with Gasteiger partial charge in [-0.25, -0.2) is 0 Å². The fraction of sp³-hybridized carbons (Fsp3) is 0.333. The van der Waals surface area contributed by atoms with Crippen LogP contribution >= 0.6 is 0 Å². The standard InChI is InChI=1S/C24H24O6/c1-13(2)9-15-11-21(25)29-18-8-7-17-23(26)20(30-24(17)22(15)18)10-14-5-6-16(27-3)12-19(14)28-4/h5-8,10,12-13,15H,9,11H2,1-4H3/b20-10-. The third kappa shape index (κ3) is 3.54. The molecule has 0 N–H and O–H groups in total. The predicted molar refractivity (Wildman–Crippen MR) is 111 cm³/mol. The van der Waals surface area contributed by atoms with Crippen molar-refractivity contribution in [1.82, 2.24) is 0 Å². The number of ether oxygens (including phenoxy) is 4. The second-order valence-electron chi connectivity index (χ2n) is 7.91. The Bertz CT molecular complexity index is 1050. The number of Topliss-reactive ketones (excluding diaryl/α,β-unsaturated/α-hetero) is 1. The number of methoxy groups -OCH3 is 2. The molecular formula is C24H24O6. The van der Waals surface area contributed by atoms with E-state index in [1.165, 1.54) is 0 Å². The van der Waals surface area contributed by atoms with Crippen molar-refractivity contribution >= 4 is 17.8 Å². The topological polar surface area (TPSA) is 71.1 Å². The van der Waals surface area contributed by atoms with Crippen molar-refractivity contribution in [2.75, 3.05) is 14.2 Å². The van der Waals surface area contributed by atoms with Gasteiger partial charge in [0.1, 0.15) is 23.0 Å². The van der Waals surface area contributed by atoms with Gasteiger partial charge < -0.3 is 18.9 Å². The Hall–Kier alpha value is -3.28. The number of fused-ring (bicyclic) bond motifs is 3. The van der Waals surface area contributed by atoms with E-state index in [4.69, 9.17) is 18.9 Å². The van der Waals surface area contributed by atoms with Gasteiger partial charge >= 0.3 is 5.97 Å². The maximum atomic E-state index is 13.0. The highest BCUT2D eigenvalue weighted by Gasteiger charge is 2.38. The first-order valence-corrected chi connectivity index (χ1v) is 9.95. The van der Waals surface area contributed by atoms with E-state index in [0.29, 0.717) is 40.0 Å².